The van der Waals surface area contributed by atoms with Crippen molar-refractivity contribution in [2.24, 2.45) is 0 Å². The lowest BCUT2D eigenvalue weighted by Gasteiger charge is -2.34. The van der Waals surface area contributed by atoms with Crippen molar-refractivity contribution in [2.75, 3.05) is 16.3 Å². The minimum atomic E-state index is -0.917. The number of anilines is 2. The third-order valence-corrected chi connectivity index (χ3v) is 5.20. The molecule has 1 saturated heterocycles. The summed E-state index contributed by atoms with van der Waals surface area (Å²) in [4.78, 5) is 39.7. The number of carboxylic acid groups (broad SMARTS) is 1. The number of nitrogens with zero attached hydrogens (tertiary/aromatic N) is 2. The molecular formula is C21H20N2O4. The van der Waals surface area contributed by atoms with Crippen LogP contribution < -0.4 is 9.80 Å². The van der Waals surface area contributed by atoms with Crippen LogP contribution >= 0.6 is 0 Å². The summed E-state index contributed by atoms with van der Waals surface area (Å²) in [5.74, 6) is -1.36. The molecule has 2 heterocycles. The monoisotopic (exact) mass is 364 g/mol. The molecule has 0 saturated carbocycles. The van der Waals surface area contributed by atoms with Crippen molar-refractivity contribution in [3.05, 3.63) is 59.7 Å². The fourth-order valence-electron chi connectivity index (χ4n) is 3.95. The highest BCUT2D eigenvalue weighted by molar-refractivity contribution is 6.23. The number of hydrogen-bond acceptors (Lipinski definition) is 4. The van der Waals surface area contributed by atoms with E-state index in [1.807, 2.05) is 18.2 Å². The summed E-state index contributed by atoms with van der Waals surface area (Å²) in [5, 5.41) is 8.87. The van der Waals surface area contributed by atoms with Gasteiger partial charge >= 0.3 is 5.97 Å². The van der Waals surface area contributed by atoms with Gasteiger partial charge in [0.05, 0.1) is 18.5 Å². The van der Waals surface area contributed by atoms with Gasteiger partial charge in [-0.3, -0.25) is 14.4 Å². The zero-order valence-electron chi connectivity index (χ0n) is 14.8. The zero-order valence-corrected chi connectivity index (χ0v) is 14.8. The van der Waals surface area contributed by atoms with Crippen molar-refractivity contribution < 1.29 is 19.5 Å². The molecule has 6 heteroatoms. The van der Waals surface area contributed by atoms with Crippen molar-refractivity contribution in [2.45, 2.75) is 31.7 Å². The molecule has 1 N–H and O–H groups in total. The first-order chi connectivity index (χ1) is 13.0. The average molecular weight is 364 g/mol. The Hall–Kier alpha value is -3.15. The number of hydrogen-bond donors (Lipinski definition) is 1. The molecule has 0 spiro atoms. The molecule has 1 atom stereocenters. The highest BCUT2D eigenvalue weighted by atomic mass is 16.4. The van der Waals surface area contributed by atoms with Crippen molar-refractivity contribution >= 4 is 29.2 Å². The van der Waals surface area contributed by atoms with E-state index in [-0.39, 0.29) is 24.7 Å². The molecule has 138 valence electrons. The average Bonchev–Trinajstić information content (AvgIpc) is 2.96. The molecule has 0 bridgehead atoms. The number of benzene rings is 2. The summed E-state index contributed by atoms with van der Waals surface area (Å²) >= 11 is 0. The number of carboxylic acids is 1. The smallest absolute Gasteiger partial charge is 0.307 e. The van der Waals surface area contributed by atoms with Crippen LogP contribution in [0.15, 0.2) is 48.5 Å². The van der Waals surface area contributed by atoms with E-state index < -0.39 is 12.0 Å². The number of fused-ring (bicyclic) bond motifs is 1. The van der Waals surface area contributed by atoms with Gasteiger partial charge in [-0.05, 0) is 42.2 Å². The second-order valence-corrected chi connectivity index (χ2v) is 6.95. The molecular weight excluding hydrogens is 344 g/mol. The lowest BCUT2D eigenvalue weighted by Crippen LogP contribution is -2.44. The van der Waals surface area contributed by atoms with E-state index in [9.17, 15) is 14.4 Å². The summed E-state index contributed by atoms with van der Waals surface area (Å²) in [6, 6.07) is 14.1. The Morgan fingerprint density at radius 2 is 1.81 bits per heavy atom. The fourth-order valence-corrected chi connectivity index (χ4v) is 3.95. The SMILES string of the molecule is O=C(O)Cc1ccc(N2C(=O)CC(N3CCCc4ccccc43)C2=O)cc1. The number of rotatable bonds is 4. The second-order valence-electron chi connectivity index (χ2n) is 6.95. The predicted molar refractivity (Wildman–Crippen MR) is 101 cm³/mol. The van der Waals surface area contributed by atoms with Gasteiger partial charge in [0.25, 0.3) is 5.91 Å². The van der Waals surface area contributed by atoms with Crippen LogP contribution in [0.5, 0.6) is 0 Å². The number of para-hydroxylation sites is 1. The van der Waals surface area contributed by atoms with Gasteiger partial charge in [-0.25, -0.2) is 4.90 Å². The number of carbonyl (C=O) groups excluding carboxylic acids is 2. The Morgan fingerprint density at radius 3 is 2.56 bits per heavy atom. The van der Waals surface area contributed by atoms with Crippen LogP contribution in [-0.2, 0) is 27.2 Å². The molecule has 2 amide bonds. The second kappa shape index (κ2) is 6.87. The molecule has 4 rings (SSSR count). The first kappa shape index (κ1) is 17.3. The minimum absolute atomic E-state index is 0.0879. The highest BCUT2D eigenvalue weighted by Crippen LogP contribution is 2.33. The summed E-state index contributed by atoms with van der Waals surface area (Å²) in [7, 11) is 0. The maximum Gasteiger partial charge on any atom is 0.307 e. The highest BCUT2D eigenvalue weighted by Gasteiger charge is 2.43. The third kappa shape index (κ3) is 3.18. The Kier molecular flexibility index (Phi) is 4.39. The standard InChI is InChI=1S/C21H20N2O4/c24-19-13-18(22-11-3-5-15-4-1-2-6-17(15)22)21(27)23(19)16-9-7-14(8-10-16)12-20(25)26/h1-2,4,6-10,18H,3,5,11-13H2,(H,25,26). The van der Waals surface area contributed by atoms with Crippen molar-refractivity contribution in [3.63, 3.8) is 0 Å². The van der Waals surface area contributed by atoms with Gasteiger partial charge in [-0.1, -0.05) is 30.3 Å². The third-order valence-electron chi connectivity index (χ3n) is 5.20. The number of aryl methyl sites for hydroxylation is 1. The number of amides is 2. The van der Waals surface area contributed by atoms with Crippen molar-refractivity contribution in [3.8, 4) is 0 Å². The van der Waals surface area contributed by atoms with Gasteiger partial charge in [0.1, 0.15) is 6.04 Å². The lowest BCUT2D eigenvalue weighted by molar-refractivity contribution is -0.136. The topological polar surface area (TPSA) is 77.9 Å². The molecule has 2 aromatic carbocycles. The Labute approximate surface area is 157 Å². The molecule has 2 aliphatic rings. The Balaban J connectivity index is 1.59. The van der Waals surface area contributed by atoms with Gasteiger partial charge in [-0.2, -0.15) is 0 Å². The largest absolute Gasteiger partial charge is 0.481 e. The Morgan fingerprint density at radius 1 is 1.07 bits per heavy atom. The zero-order chi connectivity index (χ0) is 19.0. The summed E-state index contributed by atoms with van der Waals surface area (Å²) < 4.78 is 0. The van der Waals surface area contributed by atoms with Gasteiger partial charge in [0.2, 0.25) is 5.91 Å². The van der Waals surface area contributed by atoms with Gasteiger partial charge in [-0.15, -0.1) is 0 Å². The maximum absolute atomic E-state index is 13.1. The van der Waals surface area contributed by atoms with Crippen molar-refractivity contribution in [1.29, 1.82) is 0 Å². The molecule has 1 unspecified atom stereocenters. The van der Waals surface area contributed by atoms with Gasteiger partial charge < -0.3 is 10.0 Å². The molecule has 0 aliphatic carbocycles. The van der Waals surface area contributed by atoms with Gasteiger partial charge in [0, 0.05) is 12.2 Å². The normalized spacial score (nSPS) is 19.3. The molecule has 2 aliphatic heterocycles. The van der Waals surface area contributed by atoms with Crippen LogP contribution in [0, 0.1) is 0 Å². The molecule has 0 radical (unpaired) electrons. The molecule has 6 nitrogen and oxygen atoms in total. The van der Waals surface area contributed by atoms with E-state index in [1.165, 1.54) is 10.5 Å². The van der Waals surface area contributed by atoms with Crippen LogP contribution in [-0.4, -0.2) is 35.5 Å². The van der Waals surface area contributed by atoms with Crippen LogP contribution in [0.3, 0.4) is 0 Å². The molecule has 2 aromatic rings. The molecule has 1 fully saturated rings. The summed E-state index contributed by atoms with van der Waals surface area (Å²) in [5.41, 5.74) is 3.37. The summed E-state index contributed by atoms with van der Waals surface area (Å²) in [6.07, 6.45) is 2.01. The van der Waals surface area contributed by atoms with E-state index in [0.29, 0.717) is 11.3 Å². The van der Waals surface area contributed by atoms with Crippen LogP contribution in [0.1, 0.15) is 24.0 Å². The van der Waals surface area contributed by atoms with Crippen molar-refractivity contribution in [1.82, 2.24) is 0 Å². The lowest BCUT2D eigenvalue weighted by atomic mass is 9.99. The quantitative estimate of drug-likeness (QED) is 0.843. The number of carbonyl (C=O) groups is 3. The van der Waals surface area contributed by atoms with E-state index in [0.717, 1.165) is 25.1 Å². The van der Waals surface area contributed by atoms with E-state index >= 15 is 0 Å². The predicted octanol–water partition coefficient (Wildman–Crippen LogP) is 2.40. The first-order valence-corrected chi connectivity index (χ1v) is 9.06. The fraction of sp³-hybridized carbons (Fsp3) is 0.286. The van der Waals surface area contributed by atoms with Crippen LogP contribution in [0.2, 0.25) is 0 Å². The first-order valence-electron chi connectivity index (χ1n) is 9.06. The Bertz CT molecular complexity index is 907. The molecule has 0 aromatic heterocycles. The minimum Gasteiger partial charge on any atom is -0.481 e. The summed E-state index contributed by atoms with van der Waals surface area (Å²) in [6.45, 7) is 0.756. The van der Waals surface area contributed by atoms with Crippen LogP contribution in [0.25, 0.3) is 0 Å². The van der Waals surface area contributed by atoms with E-state index in [4.69, 9.17) is 5.11 Å². The van der Waals surface area contributed by atoms with Crippen LogP contribution in [0.4, 0.5) is 11.4 Å². The van der Waals surface area contributed by atoms with E-state index in [1.54, 1.807) is 24.3 Å². The maximum atomic E-state index is 13.1. The molecule has 27 heavy (non-hydrogen) atoms. The number of aliphatic carboxylic acids is 1. The number of imide groups is 1. The van der Waals surface area contributed by atoms with E-state index in [2.05, 4.69) is 11.0 Å². The van der Waals surface area contributed by atoms with Gasteiger partial charge in [0.15, 0.2) is 0 Å².